The van der Waals surface area contributed by atoms with Gasteiger partial charge in [0, 0.05) is 30.9 Å². The van der Waals surface area contributed by atoms with Crippen LogP contribution in [0.5, 0.6) is 11.5 Å². The number of alkyl halides is 3. The normalized spacial score (nSPS) is 11.0. The maximum absolute atomic E-state index is 12.5. The van der Waals surface area contributed by atoms with Crippen LogP contribution < -0.4 is 20.1 Å². The number of pyridine rings is 1. The fourth-order valence-electron chi connectivity index (χ4n) is 2.21. The summed E-state index contributed by atoms with van der Waals surface area (Å²) in [7, 11) is 2.99. The summed E-state index contributed by atoms with van der Waals surface area (Å²) in [5.41, 5.74) is -0.391. The number of nitrogens with zero attached hydrogens (tertiary/aromatic N) is 1. The van der Waals surface area contributed by atoms with E-state index >= 15 is 0 Å². The highest BCUT2D eigenvalue weighted by molar-refractivity contribution is 5.95. The Hall–Kier alpha value is -2.97. The maximum atomic E-state index is 12.5. The molecule has 0 radical (unpaired) electrons. The third-order valence-electron chi connectivity index (χ3n) is 3.65. The number of ether oxygens (including phenoxy) is 2. The van der Waals surface area contributed by atoms with E-state index in [0.717, 1.165) is 12.3 Å². The third kappa shape index (κ3) is 6.05. The SMILES string of the molecule is COc1cc(OC)cc(C(=O)NCCCNc2ccc(C(F)(F)F)cn2)c1. The standard InChI is InChI=1S/C18H20F3N3O3/c1-26-14-8-12(9-15(10-14)27-2)17(25)23-7-3-6-22-16-5-4-13(11-24-16)18(19,20)21/h4-5,8-11H,3,6-7H2,1-2H3,(H,22,24)(H,23,25). The van der Waals surface area contributed by atoms with E-state index in [9.17, 15) is 18.0 Å². The molecule has 0 atom stereocenters. The Bertz CT molecular complexity index is 742. The molecule has 0 saturated heterocycles. The van der Waals surface area contributed by atoms with Crippen LogP contribution in [0.15, 0.2) is 36.5 Å². The van der Waals surface area contributed by atoms with E-state index in [1.807, 2.05) is 0 Å². The predicted octanol–water partition coefficient (Wildman–Crippen LogP) is 3.35. The second-order valence-electron chi connectivity index (χ2n) is 5.57. The lowest BCUT2D eigenvalue weighted by Gasteiger charge is -2.10. The average molecular weight is 383 g/mol. The van der Waals surface area contributed by atoms with Gasteiger partial charge in [0.25, 0.3) is 5.91 Å². The minimum Gasteiger partial charge on any atom is -0.497 e. The van der Waals surface area contributed by atoms with E-state index in [0.29, 0.717) is 42.4 Å². The summed E-state index contributed by atoms with van der Waals surface area (Å²) >= 11 is 0. The zero-order valence-electron chi connectivity index (χ0n) is 14.9. The van der Waals surface area contributed by atoms with Gasteiger partial charge in [0.1, 0.15) is 17.3 Å². The van der Waals surface area contributed by atoms with Gasteiger partial charge >= 0.3 is 6.18 Å². The van der Waals surface area contributed by atoms with E-state index in [4.69, 9.17) is 9.47 Å². The molecule has 0 saturated carbocycles. The topological polar surface area (TPSA) is 72.5 Å². The molecule has 2 N–H and O–H groups in total. The number of hydrogen-bond acceptors (Lipinski definition) is 5. The van der Waals surface area contributed by atoms with E-state index in [2.05, 4.69) is 15.6 Å². The first-order chi connectivity index (χ1) is 12.8. The van der Waals surface area contributed by atoms with Crippen LogP contribution in [-0.4, -0.2) is 38.2 Å². The van der Waals surface area contributed by atoms with Crippen molar-refractivity contribution in [3.05, 3.63) is 47.7 Å². The number of aromatic nitrogens is 1. The Morgan fingerprint density at radius 2 is 1.74 bits per heavy atom. The number of amides is 1. The minimum absolute atomic E-state index is 0.278. The van der Waals surface area contributed by atoms with Gasteiger partial charge in [-0.3, -0.25) is 4.79 Å². The highest BCUT2D eigenvalue weighted by Gasteiger charge is 2.30. The Morgan fingerprint density at radius 3 is 2.26 bits per heavy atom. The number of benzene rings is 1. The lowest BCUT2D eigenvalue weighted by Crippen LogP contribution is -2.26. The van der Waals surface area contributed by atoms with Crippen LogP contribution in [0, 0.1) is 0 Å². The van der Waals surface area contributed by atoms with Gasteiger partial charge in [-0.1, -0.05) is 0 Å². The summed E-state index contributed by atoms with van der Waals surface area (Å²) in [6.07, 6.45) is -3.06. The molecule has 1 amide bonds. The molecule has 0 aliphatic heterocycles. The van der Waals surface area contributed by atoms with Gasteiger partial charge in [0.2, 0.25) is 0 Å². The van der Waals surface area contributed by atoms with Gasteiger partial charge in [0.05, 0.1) is 19.8 Å². The maximum Gasteiger partial charge on any atom is 0.417 e. The first-order valence-electron chi connectivity index (χ1n) is 8.12. The number of methoxy groups -OCH3 is 2. The molecule has 2 rings (SSSR count). The molecule has 9 heteroatoms. The van der Waals surface area contributed by atoms with Gasteiger partial charge in [0.15, 0.2) is 0 Å². The van der Waals surface area contributed by atoms with Crippen LogP contribution in [0.25, 0.3) is 0 Å². The Balaban J connectivity index is 1.77. The number of halogens is 3. The molecular formula is C18H20F3N3O3. The molecule has 0 unspecified atom stereocenters. The second-order valence-corrected chi connectivity index (χ2v) is 5.57. The molecule has 0 bridgehead atoms. The highest BCUT2D eigenvalue weighted by atomic mass is 19.4. The number of carbonyl (C=O) groups excluding carboxylic acids is 1. The van der Waals surface area contributed by atoms with Crippen molar-refractivity contribution in [1.29, 1.82) is 0 Å². The van der Waals surface area contributed by atoms with Crippen molar-refractivity contribution in [2.75, 3.05) is 32.6 Å². The third-order valence-corrected chi connectivity index (χ3v) is 3.65. The predicted molar refractivity (Wildman–Crippen MR) is 94.2 cm³/mol. The van der Waals surface area contributed by atoms with Crippen molar-refractivity contribution in [3.8, 4) is 11.5 Å². The molecule has 0 aliphatic carbocycles. The smallest absolute Gasteiger partial charge is 0.417 e. The number of nitrogens with one attached hydrogen (secondary N) is 2. The zero-order valence-corrected chi connectivity index (χ0v) is 14.9. The van der Waals surface area contributed by atoms with Gasteiger partial charge in [-0.05, 0) is 30.7 Å². The monoisotopic (exact) mass is 383 g/mol. The van der Waals surface area contributed by atoms with Gasteiger partial charge in [-0.2, -0.15) is 13.2 Å². The van der Waals surface area contributed by atoms with E-state index < -0.39 is 11.7 Å². The van der Waals surface area contributed by atoms with E-state index in [-0.39, 0.29) is 5.91 Å². The van der Waals surface area contributed by atoms with Crippen molar-refractivity contribution < 1.29 is 27.4 Å². The quantitative estimate of drug-likeness (QED) is 0.684. The first-order valence-corrected chi connectivity index (χ1v) is 8.12. The molecule has 6 nitrogen and oxygen atoms in total. The molecule has 1 heterocycles. The van der Waals surface area contributed by atoms with Crippen LogP contribution in [0.4, 0.5) is 19.0 Å². The molecule has 146 valence electrons. The van der Waals surface area contributed by atoms with Crippen molar-refractivity contribution in [3.63, 3.8) is 0 Å². The molecule has 27 heavy (non-hydrogen) atoms. The van der Waals surface area contributed by atoms with Crippen molar-refractivity contribution in [2.45, 2.75) is 12.6 Å². The van der Waals surface area contributed by atoms with Crippen LogP contribution >= 0.6 is 0 Å². The van der Waals surface area contributed by atoms with E-state index in [1.54, 1.807) is 18.2 Å². The number of carbonyl (C=O) groups is 1. The van der Waals surface area contributed by atoms with Crippen LogP contribution in [-0.2, 0) is 6.18 Å². The van der Waals surface area contributed by atoms with E-state index in [1.165, 1.54) is 20.3 Å². The molecule has 2 aromatic rings. The summed E-state index contributed by atoms with van der Waals surface area (Å²) in [6, 6.07) is 7.10. The number of hydrogen-bond donors (Lipinski definition) is 2. The molecule has 1 aromatic heterocycles. The first kappa shape index (κ1) is 20.3. The summed E-state index contributed by atoms with van der Waals surface area (Å²) in [6.45, 7) is 0.825. The molecular weight excluding hydrogens is 363 g/mol. The van der Waals surface area contributed by atoms with Gasteiger partial charge in [-0.15, -0.1) is 0 Å². The van der Waals surface area contributed by atoms with Crippen LogP contribution in [0.1, 0.15) is 22.3 Å². The van der Waals surface area contributed by atoms with Crippen molar-refractivity contribution in [2.24, 2.45) is 0 Å². The number of rotatable bonds is 8. The fraction of sp³-hybridized carbons (Fsp3) is 0.333. The van der Waals surface area contributed by atoms with Gasteiger partial charge in [-0.25, -0.2) is 4.98 Å². The molecule has 0 aliphatic rings. The Kier molecular flexibility index (Phi) is 6.86. The molecule has 0 fully saturated rings. The zero-order chi connectivity index (χ0) is 19.9. The number of anilines is 1. The lowest BCUT2D eigenvalue weighted by molar-refractivity contribution is -0.137. The van der Waals surface area contributed by atoms with Crippen molar-refractivity contribution >= 4 is 11.7 Å². The fourth-order valence-corrected chi connectivity index (χ4v) is 2.21. The Morgan fingerprint density at radius 1 is 1.07 bits per heavy atom. The molecule has 0 spiro atoms. The molecule has 1 aromatic carbocycles. The summed E-state index contributed by atoms with van der Waals surface area (Å²) in [4.78, 5) is 15.9. The average Bonchev–Trinajstić information content (AvgIpc) is 2.66. The summed E-state index contributed by atoms with van der Waals surface area (Å²) < 4.78 is 47.6. The second kappa shape index (κ2) is 9.11. The summed E-state index contributed by atoms with van der Waals surface area (Å²) in [5.74, 6) is 1.08. The van der Waals surface area contributed by atoms with Crippen LogP contribution in [0.2, 0.25) is 0 Å². The van der Waals surface area contributed by atoms with Crippen LogP contribution in [0.3, 0.4) is 0 Å². The van der Waals surface area contributed by atoms with Crippen molar-refractivity contribution in [1.82, 2.24) is 10.3 Å². The van der Waals surface area contributed by atoms with Gasteiger partial charge < -0.3 is 20.1 Å². The largest absolute Gasteiger partial charge is 0.497 e. The highest BCUT2D eigenvalue weighted by Crippen LogP contribution is 2.28. The Labute approximate surface area is 154 Å². The lowest BCUT2D eigenvalue weighted by atomic mass is 10.2. The summed E-state index contributed by atoms with van der Waals surface area (Å²) in [5, 5.41) is 5.66. The minimum atomic E-state index is -4.40.